The number of methoxy groups -OCH3 is 1. The van der Waals surface area contributed by atoms with Gasteiger partial charge < -0.3 is 19.3 Å². The fourth-order valence-electron chi connectivity index (χ4n) is 1.20. The summed E-state index contributed by atoms with van der Waals surface area (Å²) in [7, 11) is 1.64. The van der Waals surface area contributed by atoms with Gasteiger partial charge in [-0.2, -0.15) is 0 Å². The Morgan fingerprint density at radius 2 is 1.56 bits per heavy atom. The van der Waals surface area contributed by atoms with Crippen LogP contribution in [0.25, 0.3) is 0 Å². The van der Waals surface area contributed by atoms with Gasteiger partial charge >= 0.3 is 0 Å². The summed E-state index contributed by atoms with van der Waals surface area (Å²) in [6.45, 7) is 2.03. The van der Waals surface area contributed by atoms with E-state index < -0.39 is 0 Å². The third-order valence-electron chi connectivity index (χ3n) is 2.04. The lowest BCUT2D eigenvalue weighted by Gasteiger charge is -2.05. The van der Waals surface area contributed by atoms with Gasteiger partial charge in [-0.3, -0.25) is 0 Å². The minimum atomic E-state index is 0. The number of ether oxygens (including phenoxy) is 3. The van der Waals surface area contributed by atoms with Gasteiger partial charge in [-0.15, -0.1) is 0 Å². The Labute approximate surface area is 110 Å². The van der Waals surface area contributed by atoms with Crippen molar-refractivity contribution in [2.75, 3.05) is 33.5 Å². The van der Waals surface area contributed by atoms with Crippen LogP contribution in [-0.2, 0) is 16.1 Å². The maximum atomic E-state index is 8.47. The van der Waals surface area contributed by atoms with Crippen molar-refractivity contribution in [3.8, 4) is 5.75 Å². The molecule has 0 saturated heterocycles. The van der Waals surface area contributed by atoms with Gasteiger partial charge in [-0.25, -0.2) is 0 Å². The highest BCUT2D eigenvalue weighted by molar-refractivity contribution is 5.26. The van der Waals surface area contributed by atoms with Gasteiger partial charge in [0.2, 0.25) is 0 Å². The second kappa shape index (κ2) is 12.4. The number of hydrogen-bond acceptors (Lipinski definition) is 4. The Balaban J connectivity index is 0. The molecule has 0 spiro atoms. The van der Waals surface area contributed by atoms with Crippen molar-refractivity contribution in [3.05, 3.63) is 29.8 Å². The van der Waals surface area contributed by atoms with Gasteiger partial charge in [0.25, 0.3) is 0 Å². The number of hydrogen-bond donors (Lipinski definition) is 1. The second-order valence-electron chi connectivity index (χ2n) is 3.24. The summed E-state index contributed by atoms with van der Waals surface area (Å²) >= 11 is 0. The van der Waals surface area contributed by atoms with Crippen LogP contribution in [0.2, 0.25) is 0 Å². The molecule has 18 heavy (non-hydrogen) atoms. The molecule has 0 atom stereocenters. The normalized spacial score (nSPS) is 9.22. The summed E-state index contributed by atoms with van der Waals surface area (Å²) in [5.74, 6) is 0.843. The van der Waals surface area contributed by atoms with Crippen molar-refractivity contribution in [3.63, 3.8) is 0 Å². The maximum absolute atomic E-state index is 8.47. The molecule has 0 unspecified atom stereocenters. The van der Waals surface area contributed by atoms with E-state index in [1.54, 1.807) is 7.11 Å². The quantitative estimate of drug-likeness (QED) is 0.728. The zero-order valence-electron chi connectivity index (χ0n) is 9.52. The van der Waals surface area contributed by atoms with Crippen LogP contribution in [0.3, 0.4) is 0 Å². The van der Waals surface area contributed by atoms with E-state index >= 15 is 0 Å². The van der Waals surface area contributed by atoms with Gasteiger partial charge in [0, 0.05) is 0 Å². The number of benzene rings is 1. The molecule has 0 amide bonds. The molecule has 1 rings (SSSR count). The third kappa shape index (κ3) is 8.06. The first-order chi connectivity index (χ1) is 7.86. The van der Waals surface area contributed by atoms with Crippen LogP contribution in [0.4, 0.5) is 0 Å². The van der Waals surface area contributed by atoms with Gasteiger partial charge in [0.05, 0.1) is 40.1 Å². The van der Waals surface area contributed by atoms with E-state index in [0.717, 1.165) is 11.3 Å². The Morgan fingerprint density at radius 3 is 2.11 bits per heavy atom. The van der Waals surface area contributed by atoms with E-state index in [-0.39, 0.29) is 21.5 Å². The molecule has 0 aliphatic rings. The summed E-state index contributed by atoms with van der Waals surface area (Å²) in [4.78, 5) is 0. The molecular weight excluding hydrogens is 232 g/mol. The third-order valence-corrected chi connectivity index (χ3v) is 2.04. The first kappa shape index (κ1) is 19.2. The van der Waals surface area contributed by atoms with Crippen molar-refractivity contribution in [2.24, 2.45) is 0 Å². The van der Waals surface area contributed by atoms with Crippen LogP contribution in [0.1, 0.15) is 20.4 Å². The molecule has 0 bridgehead atoms. The van der Waals surface area contributed by atoms with E-state index in [1.165, 1.54) is 0 Å². The Bertz CT molecular complexity index is 272. The molecule has 0 aliphatic carbocycles. The van der Waals surface area contributed by atoms with Gasteiger partial charge in [0.1, 0.15) is 5.75 Å². The molecule has 0 aliphatic heterocycles. The number of aliphatic hydroxyl groups is 1. The molecule has 4 nitrogen and oxygen atoms in total. The topological polar surface area (TPSA) is 47.9 Å². The average molecular weight is 258 g/mol. The van der Waals surface area contributed by atoms with Crippen molar-refractivity contribution in [1.29, 1.82) is 0 Å². The Kier molecular flexibility index (Phi) is 13.2. The minimum absolute atomic E-state index is 0. The van der Waals surface area contributed by atoms with Crippen LogP contribution in [0, 0.1) is 0 Å². The smallest absolute Gasteiger partial charge is 0.118 e. The molecular formula is C14H26O4. The lowest BCUT2D eigenvalue weighted by atomic mass is 10.2. The summed E-state index contributed by atoms with van der Waals surface area (Å²) in [5.41, 5.74) is 1.10. The van der Waals surface area contributed by atoms with E-state index in [2.05, 4.69) is 0 Å². The van der Waals surface area contributed by atoms with Crippen LogP contribution in [-0.4, -0.2) is 38.6 Å². The lowest BCUT2D eigenvalue weighted by molar-refractivity contribution is 0.0274. The number of rotatable bonds is 8. The highest BCUT2D eigenvalue weighted by Crippen LogP contribution is 2.11. The largest absolute Gasteiger partial charge is 0.497 e. The standard InChI is InChI=1S/C12H18O4.2CH4/c1-14-12-4-2-11(3-5-12)10-16-9-8-15-7-6-13;;/h2-5,13H,6-10H2,1H3;2*1H4. The molecule has 1 aromatic rings. The molecule has 0 fully saturated rings. The molecule has 0 heterocycles. The highest BCUT2D eigenvalue weighted by atomic mass is 16.5. The fourth-order valence-corrected chi connectivity index (χ4v) is 1.20. The van der Waals surface area contributed by atoms with Crippen LogP contribution in [0.5, 0.6) is 5.75 Å². The molecule has 0 aromatic heterocycles. The van der Waals surface area contributed by atoms with Crippen LogP contribution < -0.4 is 4.74 Å². The van der Waals surface area contributed by atoms with E-state index in [9.17, 15) is 0 Å². The molecule has 1 N–H and O–H groups in total. The zero-order valence-corrected chi connectivity index (χ0v) is 9.52. The number of aliphatic hydroxyl groups excluding tert-OH is 1. The van der Waals surface area contributed by atoms with E-state index in [4.69, 9.17) is 19.3 Å². The first-order valence-corrected chi connectivity index (χ1v) is 5.26. The maximum Gasteiger partial charge on any atom is 0.118 e. The summed E-state index contributed by atoms with van der Waals surface area (Å²) < 4.78 is 15.5. The zero-order chi connectivity index (χ0) is 11.6. The first-order valence-electron chi connectivity index (χ1n) is 5.26. The molecule has 4 heteroatoms. The highest BCUT2D eigenvalue weighted by Gasteiger charge is 1.95. The van der Waals surface area contributed by atoms with E-state index in [0.29, 0.717) is 26.4 Å². The van der Waals surface area contributed by atoms with Gasteiger partial charge in [-0.1, -0.05) is 27.0 Å². The lowest BCUT2D eigenvalue weighted by Crippen LogP contribution is -2.07. The fraction of sp³-hybridized carbons (Fsp3) is 0.571. The Morgan fingerprint density at radius 1 is 0.944 bits per heavy atom. The monoisotopic (exact) mass is 258 g/mol. The second-order valence-corrected chi connectivity index (χ2v) is 3.24. The molecule has 106 valence electrons. The van der Waals surface area contributed by atoms with Crippen molar-refractivity contribution >= 4 is 0 Å². The summed E-state index contributed by atoms with van der Waals surface area (Å²) in [6, 6.07) is 7.74. The van der Waals surface area contributed by atoms with Crippen molar-refractivity contribution in [1.82, 2.24) is 0 Å². The van der Waals surface area contributed by atoms with Gasteiger partial charge in [-0.05, 0) is 17.7 Å². The summed E-state index contributed by atoms with van der Waals surface area (Å²) in [6.07, 6.45) is 0. The minimum Gasteiger partial charge on any atom is -0.497 e. The SMILES string of the molecule is C.C.COc1ccc(COCCOCCO)cc1. The van der Waals surface area contributed by atoms with Crippen LogP contribution in [0.15, 0.2) is 24.3 Å². The molecule has 0 saturated carbocycles. The van der Waals surface area contributed by atoms with E-state index in [1.807, 2.05) is 24.3 Å². The molecule has 0 radical (unpaired) electrons. The van der Waals surface area contributed by atoms with Gasteiger partial charge in [0.15, 0.2) is 0 Å². The summed E-state index contributed by atoms with van der Waals surface area (Å²) in [5, 5.41) is 8.47. The van der Waals surface area contributed by atoms with Crippen molar-refractivity contribution < 1.29 is 19.3 Å². The predicted octanol–water partition coefficient (Wildman–Crippen LogP) is 2.49. The molecule has 1 aromatic carbocycles. The van der Waals surface area contributed by atoms with Crippen LogP contribution >= 0.6 is 0 Å². The average Bonchev–Trinajstić information content (AvgIpc) is 2.34. The van der Waals surface area contributed by atoms with Crippen molar-refractivity contribution in [2.45, 2.75) is 21.5 Å². The predicted molar refractivity (Wildman–Crippen MR) is 74.0 cm³/mol. The Hall–Kier alpha value is -1.10.